The molecule has 0 radical (unpaired) electrons. The van der Waals surface area contributed by atoms with E-state index in [9.17, 15) is 4.39 Å². The monoisotopic (exact) mass is 152 g/mol. The average molecular weight is 152 g/mol. The molecule has 11 heavy (non-hydrogen) atoms. The molecule has 1 heteroatoms. The van der Waals surface area contributed by atoms with Gasteiger partial charge in [-0.25, -0.2) is 4.39 Å². The van der Waals surface area contributed by atoms with Gasteiger partial charge < -0.3 is 0 Å². The maximum Gasteiger partial charge on any atom is 0.123 e. The largest absolute Gasteiger partial charge is 0.207 e. The van der Waals surface area contributed by atoms with Gasteiger partial charge in [0.05, 0.1) is 0 Å². The summed E-state index contributed by atoms with van der Waals surface area (Å²) in [5.41, 5.74) is 1.09. The molecule has 0 spiro atoms. The van der Waals surface area contributed by atoms with Crippen LogP contribution in [0.1, 0.15) is 24.8 Å². The predicted molar refractivity (Wildman–Crippen MR) is 45.0 cm³/mol. The van der Waals surface area contributed by atoms with Gasteiger partial charge in [0.25, 0.3) is 0 Å². The third-order valence-electron chi connectivity index (χ3n) is 1.36. The summed E-state index contributed by atoms with van der Waals surface area (Å²) in [7, 11) is 0. The first-order valence-electron chi connectivity index (χ1n) is 4.01. The lowest BCUT2D eigenvalue weighted by molar-refractivity contribution is 0.627. The predicted octanol–water partition coefficient (Wildman–Crippen LogP) is 3.30. The Labute approximate surface area is 67.1 Å². The molecule has 0 N–H and O–H groups in total. The second-order valence-electron chi connectivity index (χ2n) is 2.86. The van der Waals surface area contributed by atoms with Gasteiger partial charge in [0.2, 0.25) is 0 Å². The maximum atomic E-state index is 12.1. The molecule has 0 aromatic heterocycles. The Morgan fingerprint density at radius 2 is 1.45 bits per heavy atom. The van der Waals surface area contributed by atoms with Crippen LogP contribution in [0, 0.1) is 12.7 Å². The summed E-state index contributed by atoms with van der Waals surface area (Å²) >= 11 is 0. The molecule has 0 unspecified atom stereocenters. The third-order valence-corrected chi connectivity index (χ3v) is 1.36. The molecule has 1 aliphatic carbocycles. The lowest BCUT2D eigenvalue weighted by atomic mass is 10.2. The van der Waals surface area contributed by atoms with E-state index >= 15 is 0 Å². The fraction of sp³-hybridized carbons (Fsp3) is 0.400. The van der Waals surface area contributed by atoms with Gasteiger partial charge in [0.15, 0.2) is 0 Å². The van der Waals surface area contributed by atoms with Gasteiger partial charge in [-0.1, -0.05) is 37.0 Å². The molecule has 1 aromatic rings. The quantitative estimate of drug-likeness (QED) is 0.535. The van der Waals surface area contributed by atoms with Crippen LogP contribution in [0.5, 0.6) is 0 Å². The Kier molecular flexibility index (Phi) is 3.09. The molecule has 0 bridgehead atoms. The van der Waals surface area contributed by atoms with Crippen molar-refractivity contribution >= 4 is 0 Å². The van der Waals surface area contributed by atoms with Crippen molar-refractivity contribution in [3.05, 3.63) is 35.6 Å². The first kappa shape index (κ1) is 8.25. The van der Waals surface area contributed by atoms with Gasteiger partial charge in [-0.05, 0) is 19.1 Å². The second-order valence-corrected chi connectivity index (χ2v) is 2.86. The van der Waals surface area contributed by atoms with Gasteiger partial charge in [-0.3, -0.25) is 0 Å². The Morgan fingerprint density at radius 3 is 1.73 bits per heavy atom. The molecule has 2 rings (SSSR count). The van der Waals surface area contributed by atoms with Crippen molar-refractivity contribution in [1.29, 1.82) is 0 Å². The smallest absolute Gasteiger partial charge is 0.123 e. The first-order valence-corrected chi connectivity index (χ1v) is 4.01. The number of hydrogen-bond donors (Lipinski definition) is 0. The summed E-state index contributed by atoms with van der Waals surface area (Å²) in [6, 6.07) is 6.40. The number of benzene rings is 1. The zero-order valence-electron chi connectivity index (χ0n) is 6.81. The van der Waals surface area contributed by atoms with Crippen molar-refractivity contribution in [3.63, 3.8) is 0 Å². The number of halogens is 1. The third kappa shape index (κ3) is 4.54. The van der Waals surface area contributed by atoms with Gasteiger partial charge >= 0.3 is 0 Å². The van der Waals surface area contributed by atoms with Crippen molar-refractivity contribution in [3.8, 4) is 0 Å². The fourth-order valence-electron chi connectivity index (χ4n) is 0.533. The van der Waals surface area contributed by atoms with E-state index in [1.54, 1.807) is 12.1 Å². The lowest BCUT2D eigenvalue weighted by Crippen LogP contribution is -1.71. The highest BCUT2D eigenvalue weighted by Gasteiger charge is 1.95. The average Bonchev–Trinajstić information content (AvgIpc) is 2.80. The lowest BCUT2D eigenvalue weighted by Gasteiger charge is -1.87. The standard InChI is InChI=1S/C7H7F.C3H6/c1-6-2-4-7(8)5-3-6;1-2-3-1/h2-5H,1H3;1-3H2. The zero-order valence-corrected chi connectivity index (χ0v) is 6.81. The summed E-state index contributed by atoms with van der Waals surface area (Å²) in [6.07, 6.45) is 4.50. The Morgan fingerprint density at radius 1 is 1.00 bits per heavy atom. The minimum atomic E-state index is -0.171. The molecule has 1 fully saturated rings. The van der Waals surface area contributed by atoms with E-state index in [0.29, 0.717) is 0 Å². The molecule has 0 heterocycles. The summed E-state index contributed by atoms with van der Waals surface area (Å²) in [5.74, 6) is -0.171. The molecule has 0 nitrogen and oxygen atoms in total. The van der Waals surface area contributed by atoms with Crippen LogP contribution >= 0.6 is 0 Å². The second kappa shape index (κ2) is 4.12. The maximum absolute atomic E-state index is 12.1. The molecule has 0 amide bonds. The number of rotatable bonds is 0. The normalized spacial score (nSPS) is 13.3. The SMILES string of the molecule is C1CC1.Cc1ccc(F)cc1. The van der Waals surface area contributed by atoms with Gasteiger partial charge in [0, 0.05) is 0 Å². The van der Waals surface area contributed by atoms with Gasteiger partial charge in [0.1, 0.15) is 5.82 Å². The molecular weight excluding hydrogens is 139 g/mol. The molecule has 0 saturated heterocycles. The molecule has 60 valence electrons. The minimum Gasteiger partial charge on any atom is -0.207 e. The summed E-state index contributed by atoms with van der Waals surface area (Å²) < 4.78 is 12.1. The van der Waals surface area contributed by atoms with Crippen LogP contribution in [0.4, 0.5) is 4.39 Å². The highest BCUT2D eigenvalue weighted by atomic mass is 19.1. The molecule has 0 atom stereocenters. The molecule has 0 aliphatic heterocycles. The van der Waals surface area contributed by atoms with Gasteiger partial charge in [-0.2, -0.15) is 0 Å². The van der Waals surface area contributed by atoms with Crippen molar-refractivity contribution < 1.29 is 4.39 Å². The highest BCUT2D eigenvalue weighted by molar-refractivity contribution is 5.13. The van der Waals surface area contributed by atoms with Crippen molar-refractivity contribution in [2.75, 3.05) is 0 Å². The van der Waals surface area contributed by atoms with Crippen LogP contribution in [-0.2, 0) is 0 Å². The van der Waals surface area contributed by atoms with Crippen LogP contribution in [0.2, 0.25) is 0 Å². The Hall–Kier alpha value is -0.850. The molecular formula is C10H13F. The minimum absolute atomic E-state index is 0.171. The Balaban J connectivity index is 0.000000167. The van der Waals surface area contributed by atoms with Crippen molar-refractivity contribution in [2.45, 2.75) is 26.2 Å². The molecule has 1 aliphatic rings. The van der Waals surface area contributed by atoms with Crippen LogP contribution in [0.15, 0.2) is 24.3 Å². The van der Waals surface area contributed by atoms with E-state index in [1.165, 1.54) is 31.4 Å². The van der Waals surface area contributed by atoms with E-state index in [0.717, 1.165) is 5.56 Å². The van der Waals surface area contributed by atoms with Crippen LogP contribution < -0.4 is 0 Å². The van der Waals surface area contributed by atoms with E-state index < -0.39 is 0 Å². The summed E-state index contributed by atoms with van der Waals surface area (Å²) in [4.78, 5) is 0. The van der Waals surface area contributed by atoms with Crippen LogP contribution in [0.25, 0.3) is 0 Å². The fourth-order valence-corrected chi connectivity index (χ4v) is 0.533. The molecule has 1 aromatic carbocycles. The van der Waals surface area contributed by atoms with Gasteiger partial charge in [-0.15, -0.1) is 0 Å². The first-order chi connectivity index (χ1) is 5.29. The van der Waals surface area contributed by atoms with E-state index in [-0.39, 0.29) is 5.82 Å². The topological polar surface area (TPSA) is 0 Å². The Bertz CT molecular complexity index is 175. The summed E-state index contributed by atoms with van der Waals surface area (Å²) in [5, 5.41) is 0. The van der Waals surface area contributed by atoms with Crippen LogP contribution in [-0.4, -0.2) is 0 Å². The highest BCUT2D eigenvalue weighted by Crippen LogP contribution is 2.14. The molecule has 1 saturated carbocycles. The van der Waals surface area contributed by atoms with Crippen LogP contribution in [0.3, 0.4) is 0 Å². The number of aryl methyl sites for hydroxylation is 1. The van der Waals surface area contributed by atoms with Crippen molar-refractivity contribution in [1.82, 2.24) is 0 Å². The summed E-state index contributed by atoms with van der Waals surface area (Å²) in [6.45, 7) is 1.93. The van der Waals surface area contributed by atoms with E-state index in [4.69, 9.17) is 0 Å². The number of hydrogen-bond acceptors (Lipinski definition) is 0. The van der Waals surface area contributed by atoms with E-state index in [2.05, 4.69) is 0 Å². The van der Waals surface area contributed by atoms with E-state index in [1.807, 2.05) is 6.92 Å². The zero-order chi connectivity index (χ0) is 8.10. The van der Waals surface area contributed by atoms with Crippen molar-refractivity contribution in [2.24, 2.45) is 0 Å².